The van der Waals surface area contributed by atoms with Gasteiger partial charge >= 0.3 is 0 Å². The number of Topliss-reactive ketones (excluding diaryl/α,β-unsaturated/α-hetero) is 1. The molecule has 1 aromatic rings. The van der Waals surface area contributed by atoms with Crippen LogP contribution in [0.15, 0.2) is 22.7 Å². The van der Waals surface area contributed by atoms with Crippen LogP contribution < -0.4 is 4.90 Å². The van der Waals surface area contributed by atoms with E-state index in [9.17, 15) is 9.18 Å². The fourth-order valence-electron chi connectivity index (χ4n) is 2.23. The third-order valence-corrected chi connectivity index (χ3v) is 4.20. The number of piperidine rings is 1. The van der Waals surface area contributed by atoms with Gasteiger partial charge in [0, 0.05) is 30.6 Å². The van der Waals surface area contributed by atoms with Gasteiger partial charge in [-0.3, -0.25) is 4.79 Å². The van der Waals surface area contributed by atoms with Gasteiger partial charge in [-0.1, -0.05) is 6.92 Å². The maximum absolute atomic E-state index is 13.5. The Morgan fingerprint density at radius 1 is 1.41 bits per heavy atom. The summed E-state index contributed by atoms with van der Waals surface area (Å²) in [5.74, 6) is 0.0426. The zero-order chi connectivity index (χ0) is 12.6. The topological polar surface area (TPSA) is 20.3 Å². The number of rotatable bonds is 1. The highest BCUT2D eigenvalue weighted by Gasteiger charge is 2.30. The molecule has 1 saturated heterocycles. The summed E-state index contributed by atoms with van der Waals surface area (Å²) in [6, 6.07) is 5.23. The van der Waals surface area contributed by atoms with Crippen LogP contribution in [-0.4, -0.2) is 18.4 Å². The van der Waals surface area contributed by atoms with Gasteiger partial charge in [0.15, 0.2) is 0 Å². The van der Waals surface area contributed by atoms with Gasteiger partial charge in [-0.15, -0.1) is 0 Å². The number of hydrogen-bond donors (Lipinski definition) is 0. The highest BCUT2D eigenvalue weighted by atomic mass is 79.9. The van der Waals surface area contributed by atoms with Gasteiger partial charge in [0.05, 0.1) is 4.47 Å². The summed E-state index contributed by atoms with van der Waals surface area (Å²) >= 11 is 3.14. The summed E-state index contributed by atoms with van der Waals surface area (Å²) in [7, 11) is 0. The van der Waals surface area contributed by atoms with Crippen molar-refractivity contribution in [1.82, 2.24) is 0 Å². The second kappa shape index (κ2) is 4.77. The maximum atomic E-state index is 13.5. The third-order valence-electron chi connectivity index (χ3n) is 3.56. The fourth-order valence-corrected chi connectivity index (χ4v) is 2.48. The molecule has 0 spiro atoms. The van der Waals surface area contributed by atoms with E-state index in [0.717, 1.165) is 5.69 Å². The summed E-state index contributed by atoms with van der Waals surface area (Å²) < 4.78 is 14.0. The predicted molar refractivity (Wildman–Crippen MR) is 69.7 cm³/mol. The fraction of sp³-hybridized carbons (Fsp3) is 0.462. The molecule has 0 bridgehead atoms. The lowest BCUT2D eigenvalue weighted by Gasteiger charge is -2.38. The average molecular weight is 300 g/mol. The smallest absolute Gasteiger partial charge is 0.139 e. The Hall–Kier alpha value is -0.900. The molecular formula is C13H15BrFNO. The molecule has 1 heterocycles. The molecule has 0 aliphatic carbocycles. The minimum Gasteiger partial charge on any atom is -0.368 e. The van der Waals surface area contributed by atoms with E-state index in [1.54, 1.807) is 6.07 Å². The SMILES string of the molecule is CC1C(=O)CCN(c2ccc(Br)c(F)c2)C1C. The van der Waals surface area contributed by atoms with Crippen LogP contribution in [-0.2, 0) is 4.79 Å². The number of carbonyl (C=O) groups excluding carboxylic acids is 1. The van der Waals surface area contributed by atoms with Crippen LogP contribution in [0.5, 0.6) is 0 Å². The first-order chi connectivity index (χ1) is 8.00. The van der Waals surface area contributed by atoms with Crippen molar-refractivity contribution >= 4 is 27.4 Å². The molecule has 1 aromatic carbocycles. The molecule has 17 heavy (non-hydrogen) atoms. The molecule has 0 N–H and O–H groups in total. The van der Waals surface area contributed by atoms with Crippen LogP contribution in [0.4, 0.5) is 10.1 Å². The molecule has 2 atom stereocenters. The number of anilines is 1. The van der Waals surface area contributed by atoms with E-state index in [0.29, 0.717) is 23.2 Å². The van der Waals surface area contributed by atoms with Crippen LogP contribution >= 0.6 is 15.9 Å². The van der Waals surface area contributed by atoms with Gasteiger partial charge in [0.1, 0.15) is 11.6 Å². The zero-order valence-corrected chi connectivity index (χ0v) is 11.5. The Kier molecular flexibility index (Phi) is 3.52. The van der Waals surface area contributed by atoms with Crippen LogP contribution in [0, 0.1) is 11.7 Å². The molecule has 1 aliphatic heterocycles. The Balaban J connectivity index is 2.27. The number of carbonyl (C=O) groups is 1. The number of benzene rings is 1. The normalized spacial score (nSPS) is 25.2. The first kappa shape index (κ1) is 12.6. The van der Waals surface area contributed by atoms with Crippen molar-refractivity contribution in [1.29, 1.82) is 0 Å². The van der Waals surface area contributed by atoms with Gasteiger partial charge < -0.3 is 4.90 Å². The van der Waals surface area contributed by atoms with E-state index in [1.807, 2.05) is 19.9 Å². The highest BCUT2D eigenvalue weighted by Crippen LogP contribution is 2.29. The Morgan fingerprint density at radius 3 is 2.76 bits per heavy atom. The maximum Gasteiger partial charge on any atom is 0.139 e. The lowest BCUT2D eigenvalue weighted by atomic mass is 9.90. The summed E-state index contributed by atoms with van der Waals surface area (Å²) in [6.07, 6.45) is 0.545. The lowest BCUT2D eigenvalue weighted by molar-refractivity contribution is -0.123. The number of hydrogen-bond acceptors (Lipinski definition) is 2. The molecular weight excluding hydrogens is 285 g/mol. The number of ketones is 1. The molecule has 1 fully saturated rings. The van der Waals surface area contributed by atoms with Crippen LogP contribution in [0.3, 0.4) is 0 Å². The van der Waals surface area contributed by atoms with Crippen molar-refractivity contribution in [3.63, 3.8) is 0 Å². The highest BCUT2D eigenvalue weighted by molar-refractivity contribution is 9.10. The van der Waals surface area contributed by atoms with Gasteiger partial charge in [-0.2, -0.15) is 0 Å². The van der Waals surface area contributed by atoms with E-state index in [-0.39, 0.29) is 17.8 Å². The van der Waals surface area contributed by atoms with Gasteiger partial charge in [0.25, 0.3) is 0 Å². The molecule has 0 aromatic heterocycles. The van der Waals surface area contributed by atoms with E-state index in [1.165, 1.54) is 6.07 Å². The first-order valence-corrected chi connectivity index (χ1v) is 6.54. The molecule has 4 heteroatoms. The van der Waals surface area contributed by atoms with Crippen molar-refractivity contribution in [2.45, 2.75) is 26.3 Å². The zero-order valence-electron chi connectivity index (χ0n) is 9.91. The molecule has 0 amide bonds. The average Bonchev–Trinajstić information content (AvgIpc) is 2.30. The Bertz CT molecular complexity index is 449. The minimum absolute atomic E-state index is 0.00968. The van der Waals surface area contributed by atoms with E-state index in [2.05, 4.69) is 20.8 Å². The summed E-state index contributed by atoms with van der Waals surface area (Å²) in [5.41, 5.74) is 0.845. The van der Waals surface area contributed by atoms with Crippen LogP contribution in [0.25, 0.3) is 0 Å². The van der Waals surface area contributed by atoms with E-state index in [4.69, 9.17) is 0 Å². The molecule has 2 unspecified atom stereocenters. The second-order valence-corrected chi connectivity index (χ2v) is 5.39. The molecule has 92 valence electrons. The lowest BCUT2D eigenvalue weighted by Crippen LogP contribution is -2.47. The quantitative estimate of drug-likeness (QED) is 0.792. The second-order valence-electron chi connectivity index (χ2n) is 4.54. The summed E-state index contributed by atoms with van der Waals surface area (Å²) in [5, 5.41) is 0. The third kappa shape index (κ3) is 2.37. The Morgan fingerprint density at radius 2 is 2.12 bits per heavy atom. The number of halogens is 2. The van der Waals surface area contributed by atoms with Crippen molar-refractivity contribution < 1.29 is 9.18 Å². The molecule has 0 saturated carbocycles. The van der Waals surface area contributed by atoms with Crippen molar-refractivity contribution in [3.8, 4) is 0 Å². The summed E-state index contributed by atoms with van der Waals surface area (Å²) in [4.78, 5) is 13.7. The predicted octanol–water partition coefficient (Wildman–Crippen LogP) is 3.39. The number of nitrogens with zero attached hydrogens (tertiary/aromatic N) is 1. The van der Waals surface area contributed by atoms with Crippen LogP contribution in [0.2, 0.25) is 0 Å². The standard InChI is InChI=1S/C13H15BrFNO/c1-8-9(2)16(6-5-13(8)17)10-3-4-11(14)12(15)7-10/h3-4,7-9H,5-6H2,1-2H3. The molecule has 2 nitrogen and oxygen atoms in total. The van der Waals surface area contributed by atoms with Crippen LogP contribution in [0.1, 0.15) is 20.3 Å². The minimum atomic E-state index is -0.265. The molecule has 0 radical (unpaired) electrons. The van der Waals surface area contributed by atoms with Gasteiger partial charge in [-0.25, -0.2) is 4.39 Å². The van der Waals surface area contributed by atoms with Crippen molar-refractivity contribution in [2.75, 3.05) is 11.4 Å². The Labute approximate surface area is 109 Å². The van der Waals surface area contributed by atoms with Crippen molar-refractivity contribution in [3.05, 3.63) is 28.5 Å². The van der Waals surface area contributed by atoms with Gasteiger partial charge in [-0.05, 0) is 41.1 Å². The summed E-state index contributed by atoms with van der Waals surface area (Å²) in [6.45, 7) is 4.63. The van der Waals surface area contributed by atoms with E-state index >= 15 is 0 Å². The van der Waals surface area contributed by atoms with Gasteiger partial charge in [0.2, 0.25) is 0 Å². The molecule has 2 rings (SSSR count). The first-order valence-electron chi connectivity index (χ1n) is 5.75. The van der Waals surface area contributed by atoms with Crippen molar-refractivity contribution in [2.24, 2.45) is 5.92 Å². The van der Waals surface area contributed by atoms with E-state index < -0.39 is 0 Å². The molecule has 1 aliphatic rings. The largest absolute Gasteiger partial charge is 0.368 e. The monoisotopic (exact) mass is 299 g/mol.